The predicted molar refractivity (Wildman–Crippen MR) is 190 cm³/mol. The van der Waals surface area contributed by atoms with Crippen LogP contribution in [-0.2, 0) is 33.7 Å². The number of benzene rings is 4. The Morgan fingerprint density at radius 3 is 2.44 bits per heavy atom. The first kappa shape index (κ1) is 36.2. The number of hydrogen-bond donors (Lipinski definition) is 2. The van der Waals surface area contributed by atoms with Crippen molar-refractivity contribution in [1.82, 2.24) is 4.90 Å². The highest BCUT2D eigenvalue weighted by molar-refractivity contribution is 6.30. The van der Waals surface area contributed by atoms with E-state index in [-0.39, 0.29) is 30.4 Å². The Bertz CT molecular complexity index is 1820. The molecule has 0 spiro atoms. The number of carbonyl (C=O) groups is 3. The molecule has 0 aromatic heterocycles. The van der Waals surface area contributed by atoms with Crippen molar-refractivity contribution >= 4 is 35.4 Å². The van der Waals surface area contributed by atoms with Gasteiger partial charge in [0.25, 0.3) is 0 Å². The number of aryl methyl sites for hydroxylation is 1. The van der Waals surface area contributed by atoms with Crippen LogP contribution in [0.5, 0.6) is 11.5 Å². The second-order valence-electron chi connectivity index (χ2n) is 13.1. The number of anilines is 1. The molecule has 11 heteroatoms. The third-order valence-corrected chi connectivity index (χ3v) is 8.31. The fourth-order valence-corrected chi connectivity index (χ4v) is 5.92. The summed E-state index contributed by atoms with van der Waals surface area (Å²) in [5.74, 6) is 0.178. The third-order valence-electron chi connectivity index (χ3n) is 8.07. The van der Waals surface area contributed by atoms with Crippen LogP contribution in [0.1, 0.15) is 65.9 Å². The number of methoxy groups -OCH3 is 1. The molecule has 0 heterocycles. The first-order valence-electron chi connectivity index (χ1n) is 16.3. The van der Waals surface area contributed by atoms with Gasteiger partial charge in [0.1, 0.15) is 23.7 Å². The molecule has 1 aliphatic rings. The number of fused-ring (bicyclic) bond motifs is 1. The van der Waals surface area contributed by atoms with E-state index >= 15 is 0 Å². The second-order valence-corrected chi connectivity index (χ2v) is 13.5. The second kappa shape index (κ2) is 16.1. The minimum atomic E-state index is -0.974. The minimum absolute atomic E-state index is 0.0231. The van der Waals surface area contributed by atoms with Gasteiger partial charge in [-0.05, 0) is 98.7 Å². The Kier molecular flexibility index (Phi) is 11.7. The molecule has 0 unspecified atom stereocenters. The van der Waals surface area contributed by atoms with E-state index in [1.54, 1.807) is 56.0 Å². The molecule has 5 rings (SSSR count). The zero-order valence-corrected chi connectivity index (χ0v) is 29.2. The lowest BCUT2D eigenvalue weighted by molar-refractivity contribution is 0.00194. The Balaban J connectivity index is 1.34. The Morgan fingerprint density at radius 1 is 0.940 bits per heavy atom. The molecule has 4 aromatic rings. The van der Waals surface area contributed by atoms with Crippen LogP contribution in [0, 0.1) is 0 Å². The first-order chi connectivity index (χ1) is 23.9. The van der Waals surface area contributed by atoms with Gasteiger partial charge in [0.15, 0.2) is 0 Å². The standard InChI is InChI=1S/C39H41ClN2O8/c1-39(2,3)50-38(46)42(23-35(43)27-11-8-12-30(40)17-27)32-15-13-26-14-16-33(20-28(26)19-32)49-34-21-29(36(44)47-4)18-31(22-34)41-37(45)48-24-25-9-6-5-7-10-25/h5-12,14,16-18,20-22,32,35,43H,13,15,19,23-24H2,1-4H3,(H,41,45)/t32-,35-/m0/s1. The monoisotopic (exact) mass is 700 g/mol. The highest BCUT2D eigenvalue weighted by Crippen LogP contribution is 2.33. The van der Waals surface area contributed by atoms with E-state index in [1.807, 2.05) is 48.5 Å². The molecular weight excluding hydrogens is 660 g/mol. The van der Waals surface area contributed by atoms with Crippen molar-refractivity contribution in [2.24, 2.45) is 0 Å². The van der Waals surface area contributed by atoms with Crippen molar-refractivity contribution in [2.75, 3.05) is 19.0 Å². The average Bonchev–Trinajstić information content (AvgIpc) is 3.08. The summed E-state index contributed by atoms with van der Waals surface area (Å²) in [6, 6.07) is 26.2. The van der Waals surface area contributed by atoms with E-state index in [2.05, 4.69) is 5.32 Å². The summed E-state index contributed by atoms with van der Waals surface area (Å²) in [4.78, 5) is 40.2. The Hall–Kier alpha value is -5.06. The quantitative estimate of drug-likeness (QED) is 0.125. The maximum Gasteiger partial charge on any atom is 0.411 e. The fraction of sp³-hybridized carbons (Fsp3) is 0.308. The third kappa shape index (κ3) is 9.99. The number of nitrogens with one attached hydrogen (secondary N) is 1. The molecule has 2 amide bonds. The molecule has 0 saturated carbocycles. The number of hydrogen-bond acceptors (Lipinski definition) is 8. The molecule has 0 saturated heterocycles. The number of ether oxygens (including phenoxy) is 4. The average molecular weight is 701 g/mol. The lowest BCUT2D eigenvalue weighted by Gasteiger charge is -2.37. The summed E-state index contributed by atoms with van der Waals surface area (Å²) in [5, 5.41) is 14.3. The van der Waals surface area contributed by atoms with E-state index in [9.17, 15) is 19.5 Å². The van der Waals surface area contributed by atoms with Gasteiger partial charge >= 0.3 is 18.2 Å². The molecule has 1 aliphatic carbocycles. The van der Waals surface area contributed by atoms with E-state index in [0.29, 0.717) is 41.3 Å². The van der Waals surface area contributed by atoms with Crippen molar-refractivity contribution in [3.05, 3.63) is 124 Å². The van der Waals surface area contributed by atoms with Crippen LogP contribution in [0.25, 0.3) is 0 Å². The number of aliphatic hydroxyl groups is 1. The van der Waals surface area contributed by atoms with Crippen molar-refractivity contribution < 1.29 is 38.4 Å². The normalized spacial score (nSPS) is 14.5. The summed E-state index contributed by atoms with van der Waals surface area (Å²) in [7, 11) is 1.27. The van der Waals surface area contributed by atoms with Crippen LogP contribution in [0.2, 0.25) is 5.02 Å². The predicted octanol–water partition coefficient (Wildman–Crippen LogP) is 8.50. The van der Waals surface area contributed by atoms with Crippen LogP contribution < -0.4 is 10.1 Å². The zero-order valence-electron chi connectivity index (χ0n) is 28.5. The van der Waals surface area contributed by atoms with Crippen molar-refractivity contribution in [3.8, 4) is 11.5 Å². The molecule has 10 nitrogen and oxygen atoms in total. The number of carbonyl (C=O) groups excluding carboxylic acids is 3. The first-order valence-corrected chi connectivity index (χ1v) is 16.7. The molecule has 0 radical (unpaired) electrons. The van der Waals surface area contributed by atoms with Gasteiger partial charge in [-0.15, -0.1) is 0 Å². The van der Waals surface area contributed by atoms with Crippen molar-refractivity contribution in [3.63, 3.8) is 0 Å². The van der Waals surface area contributed by atoms with Gasteiger partial charge in [-0.25, -0.2) is 14.4 Å². The molecule has 0 bridgehead atoms. The smallest absolute Gasteiger partial charge is 0.411 e. The van der Waals surface area contributed by atoms with Crippen molar-refractivity contribution in [1.29, 1.82) is 0 Å². The van der Waals surface area contributed by atoms with E-state index in [4.69, 9.17) is 30.5 Å². The molecule has 4 aromatic carbocycles. The van der Waals surface area contributed by atoms with Crippen molar-refractivity contribution in [2.45, 2.75) is 64.4 Å². The van der Waals surface area contributed by atoms with Gasteiger partial charge in [-0.2, -0.15) is 0 Å². The fourth-order valence-electron chi connectivity index (χ4n) is 5.72. The number of aliphatic hydroxyl groups excluding tert-OH is 1. The van der Waals surface area contributed by atoms with Gasteiger partial charge in [0.05, 0.1) is 25.3 Å². The molecule has 2 atom stereocenters. The van der Waals surface area contributed by atoms with Gasteiger partial charge in [0.2, 0.25) is 0 Å². The minimum Gasteiger partial charge on any atom is -0.465 e. The van der Waals surface area contributed by atoms with E-state index < -0.39 is 29.9 Å². The maximum absolute atomic E-state index is 13.5. The number of nitrogens with zero attached hydrogens (tertiary/aromatic N) is 1. The van der Waals surface area contributed by atoms with Crippen LogP contribution in [0.15, 0.2) is 91.0 Å². The number of esters is 1. The summed E-state index contributed by atoms with van der Waals surface area (Å²) >= 11 is 6.17. The van der Waals surface area contributed by atoms with Gasteiger partial charge < -0.3 is 29.0 Å². The van der Waals surface area contributed by atoms with E-state index in [0.717, 1.165) is 16.7 Å². The summed E-state index contributed by atoms with van der Waals surface area (Å²) in [6.45, 7) is 5.52. The molecule has 0 fully saturated rings. The molecule has 0 aliphatic heterocycles. The topological polar surface area (TPSA) is 124 Å². The molecule has 50 heavy (non-hydrogen) atoms. The highest BCUT2D eigenvalue weighted by atomic mass is 35.5. The lowest BCUT2D eigenvalue weighted by atomic mass is 9.87. The Labute approximate surface area is 296 Å². The summed E-state index contributed by atoms with van der Waals surface area (Å²) in [5.41, 5.74) is 3.24. The van der Waals surface area contributed by atoms with Crippen LogP contribution in [0.3, 0.4) is 0 Å². The molecule has 262 valence electrons. The largest absolute Gasteiger partial charge is 0.465 e. The van der Waals surface area contributed by atoms with Gasteiger partial charge in [-0.3, -0.25) is 5.32 Å². The van der Waals surface area contributed by atoms with Crippen LogP contribution in [-0.4, -0.2) is 53.5 Å². The molecule has 2 N–H and O–H groups in total. The summed E-state index contributed by atoms with van der Waals surface area (Å²) < 4.78 is 22.2. The lowest BCUT2D eigenvalue weighted by Crippen LogP contribution is -2.47. The molecular formula is C39H41ClN2O8. The Morgan fingerprint density at radius 2 is 1.72 bits per heavy atom. The number of halogens is 1. The van der Waals surface area contributed by atoms with Crippen LogP contribution >= 0.6 is 11.6 Å². The highest BCUT2D eigenvalue weighted by Gasteiger charge is 2.33. The maximum atomic E-state index is 13.5. The summed E-state index contributed by atoms with van der Waals surface area (Å²) in [6.07, 6.45) is -0.318. The number of amides is 2. The van der Waals surface area contributed by atoms with E-state index in [1.165, 1.54) is 19.2 Å². The van der Waals surface area contributed by atoms with Gasteiger partial charge in [-0.1, -0.05) is 60.1 Å². The SMILES string of the molecule is COC(=O)c1cc(NC(=O)OCc2ccccc2)cc(Oc2ccc3c(c2)C[C@@H](N(C[C@H](O)c2cccc(Cl)c2)C(=O)OC(C)(C)C)CC3)c1. The number of rotatable bonds is 10. The zero-order chi connectivity index (χ0) is 35.8. The van der Waals surface area contributed by atoms with Gasteiger partial charge in [0, 0.05) is 22.8 Å². The van der Waals surface area contributed by atoms with Crippen LogP contribution in [0.4, 0.5) is 15.3 Å².